The van der Waals surface area contributed by atoms with Gasteiger partial charge in [0, 0.05) is 23.0 Å². The first-order chi connectivity index (χ1) is 35.6. The van der Waals surface area contributed by atoms with Gasteiger partial charge in [0.15, 0.2) is 23.1 Å². The lowest BCUT2D eigenvalue weighted by Gasteiger charge is -2.31. The zero-order chi connectivity index (χ0) is 53.9. The smallest absolute Gasteiger partial charge is 0.220 e. The van der Waals surface area contributed by atoms with E-state index in [0.717, 1.165) is 74.4 Å². The number of ketones is 4. The van der Waals surface area contributed by atoms with E-state index in [2.05, 4.69) is 54.0 Å². The van der Waals surface area contributed by atoms with Gasteiger partial charge < -0.3 is 0 Å². The molecule has 0 saturated carbocycles. The van der Waals surface area contributed by atoms with E-state index in [9.17, 15) is 0 Å². The largest absolute Gasteiger partial charge is 0.292 e. The molecule has 424 valence electrons. The van der Waals surface area contributed by atoms with Crippen LogP contribution in [0.15, 0.2) is 48.6 Å². The van der Waals surface area contributed by atoms with Crippen molar-refractivity contribution < 1.29 is 19.2 Å². The summed E-state index contributed by atoms with van der Waals surface area (Å²) in [5.74, 6) is 1.26. The van der Waals surface area contributed by atoms with Gasteiger partial charge in [0.25, 0.3) is 0 Å². The topological polar surface area (TPSA) is 68.3 Å². The van der Waals surface area contributed by atoms with Crippen molar-refractivity contribution in [1.29, 1.82) is 0 Å². The lowest BCUT2D eigenvalue weighted by Crippen LogP contribution is -2.55. The summed E-state index contributed by atoms with van der Waals surface area (Å²) in [7, 11) is 0. The predicted molar refractivity (Wildman–Crippen MR) is 336 cm³/mol. The Labute approximate surface area is 470 Å². The SMILES string of the molecule is C=C(CSCCCCCCCCCCCC)C(=O)C(C(=O)C(=C)CSCCCCCCCCCCCC)(C(=O)C(=C)CSCCCCCCCCCCCC)C(=O)C(=C)CSCCCCCCCCCCCC. The quantitative estimate of drug-likeness (QED) is 0.0339. The maximum absolute atomic E-state index is 15.1. The Morgan fingerprint density at radius 2 is 0.384 bits per heavy atom. The average Bonchev–Trinajstić information content (AvgIpc) is 3.39. The molecule has 73 heavy (non-hydrogen) atoms. The van der Waals surface area contributed by atoms with Gasteiger partial charge in [-0.15, -0.1) is 0 Å². The van der Waals surface area contributed by atoms with Crippen molar-refractivity contribution in [3.05, 3.63) is 48.6 Å². The van der Waals surface area contributed by atoms with Crippen LogP contribution in [0.2, 0.25) is 0 Å². The van der Waals surface area contributed by atoms with Crippen LogP contribution in [-0.2, 0) is 19.2 Å². The molecule has 0 rings (SSSR count). The second kappa shape index (κ2) is 53.1. The fourth-order valence-corrected chi connectivity index (χ4v) is 13.2. The summed E-state index contributed by atoms with van der Waals surface area (Å²) in [5, 5.41) is 0. The number of Topliss-reactive ketones (excluding diaryl/α,β-unsaturated/α-hetero) is 4. The zero-order valence-electron chi connectivity index (χ0n) is 48.5. The molecule has 0 heterocycles. The van der Waals surface area contributed by atoms with Gasteiger partial charge in [-0.2, -0.15) is 47.0 Å². The third kappa shape index (κ3) is 37.5. The van der Waals surface area contributed by atoms with Gasteiger partial charge in [-0.25, -0.2) is 0 Å². The summed E-state index contributed by atoms with van der Waals surface area (Å²) in [6, 6.07) is 0. The first-order valence-electron chi connectivity index (χ1n) is 30.8. The van der Waals surface area contributed by atoms with E-state index < -0.39 is 28.5 Å². The maximum Gasteiger partial charge on any atom is 0.220 e. The number of thioether (sulfide) groups is 4. The molecule has 0 bridgehead atoms. The number of hydrogen-bond donors (Lipinski definition) is 0. The summed E-state index contributed by atoms with van der Waals surface area (Å²) >= 11 is 6.40. The van der Waals surface area contributed by atoms with Crippen LogP contribution in [-0.4, -0.2) is 69.2 Å². The fourth-order valence-electron chi connectivity index (χ4n) is 9.49. The highest BCUT2D eigenvalue weighted by Gasteiger charge is 2.59. The molecule has 0 spiro atoms. The summed E-state index contributed by atoms with van der Waals surface area (Å²) in [6.07, 6.45) is 49.9. The third-order valence-corrected chi connectivity index (χ3v) is 18.8. The van der Waals surface area contributed by atoms with E-state index >= 15 is 19.2 Å². The van der Waals surface area contributed by atoms with Crippen molar-refractivity contribution in [1.82, 2.24) is 0 Å². The molecule has 0 aromatic heterocycles. The molecule has 8 heteroatoms. The lowest BCUT2D eigenvalue weighted by atomic mass is 9.65. The van der Waals surface area contributed by atoms with E-state index in [1.165, 1.54) is 205 Å². The highest BCUT2D eigenvalue weighted by atomic mass is 32.2. The Kier molecular flexibility index (Phi) is 52.4. The molecular formula is C65H116O4S4. The first-order valence-corrected chi connectivity index (χ1v) is 35.4. The molecule has 0 amide bonds. The standard InChI is InChI=1S/C65H116O4S4/c1-9-13-17-21-25-29-33-37-41-45-49-70-53-57(5)61(66)65(62(67)58(6)54-71-50-46-42-38-34-30-26-22-18-14-10-2,63(68)59(7)55-72-51-47-43-39-35-31-27-23-19-15-11-3)64(69)60(8)56-73-52-48-44-40-36-32-28-24-20-16-12-4/h5-56H2,1-4H3. The van der Waals surface area contributed by atoms with Crippen molar-refractivity contribution >= 4 is 70.2 Å². The molecule has 0 radical (unpaired) electrons. The summed E-state index contributed by atoms with van der Waals surface area (Å²) in [6.45, 7) is 25.9. The van der Waals surface area contributed by atoms with Crippen LogP contribution in [0.1, 0.15) is 285 Å². The third-order valence-electron chi connectivity index (χ3n) is 14.3. The molecular weight excluding hydrogens is 973 g/mol. The Bertz CT molecular complexity index is 1220. The average molecular weight is 1090 g/mol. The van der Waals surface area contributed by atoms with Crippen molar-refractivity contribution in [3.8, 4) is 0 Å². The molecule has 0 aromatic rings. The van der Waals surface area contributed by atoms with Gasteiger partial charge in [-0.1, -0.05) is 285 Å². The van der Waals surface area contributed by atoms with Gasteiger partial charge in [0.1, 0.15) is 0 Å². The van der Waals surface area contributed by atoms with Crippen LogP contribution in [0, 0.1) is 5.41 Å². The zero-order valence-corrected chi connectivity index (χ0v) is 51.8. The molecule has 0 aliphatic heterocycles. The van der Waals surface area contributed by atoms with E-state index in [-0.39, 0.29) is 45.3 Å². The van der Waals surface area contributed by atoms with Gasteiger partial charge in [-0.3, -0.25) is 19.2 Å². The minimum atomic E-state index is -2.63. The lowest BCUT2D eigenvalue weighted by molar-refractivity contribution is -0.149. The minimum Gasteiger partial charge on any atom is -0.292 e. The molecule has 0 fully saturated rings. The molecule has 0 aliphatic rings. The van der Waals surface area contributed by atoms with E-state index in [1.54, 1.807) is 47.0 Å². The highest BCUT2D eigenvalue weighted by molar-refractivity contribution is 8.00. The van der Waals surface area contributed by atoms with Gasteiger partial charge in [0.05, 0.1) is 0 Å². The van der Waals surface area contributed by atoms with Crippen LogP contribution in [0.25, 0.3) is 0 Å². The monoisotopic (exact) mass is 1090 g/mol. The predicted octanol–water partition coefficient (Wildman–Crippen LogP) is 21.1. The van der Waals surface area contributed by atoms with Crippen LogP contribution in [0.3, 0.4) is 0 Å². The second-order valence-electron chi connectivity index (χ2n) is 21.4. The fraction of sp³-hybridized carbons (Fsp3) is 0.815. The molecule has 0 atom stereocenters. The number of rotatable bonds is 60. The van der Waals surface area contributed by atoms with Crippen LogP contribution in [0.5, 0.6) is 0 Å². The van der Waals surface area contributed by atoms with Gasteiger partial charge in [0.2, 0.25) is 5.41 Å². The Hall–Kier alpha value is -0.960. The Morgan fingerprint density at radius 3 is 0.534 bits per heavy atom. The van der Waals surface area contributed by atoms with Crippen molar-refractivity contribution in [2.24, 2.45) is 5.41 Å². The highest BCUT2D eigenvalue weighted by Crippen LogP contribution is 2.37. The molecule has 0 N–H and O–H groups in total. The summed E-state index contributed by atoms with van der Waals surface area (Å²) in [5.41, 5.74) is -2.10. The van der Waals surface area contributed by atoms with Gasteiger partial charge >= 0.3 is 0 Å². The van der Waals surface area contributed by atoms with Crippen LogP contribution < -0.4 is 0 Å². The van der Waals surface area contributed by atoms with Crippen molar-refractivity contribution in [2.75, 3.05) is 46.0 Å². The molecule has 0 aromatic carbocycles. The van der Waals surface area contributed by atoms with Crippen molar-refractivity contribution in [3.63, 3.8) is 0 Å². The summed E-state index contributed by atoms with van der Waals surface area (Å²) < 4.78 is 0. The Balaban J connectivity index is 6.09. The molecule has 0 saturated heterocycles. The van der Waals surface area contributed by atoms with Gasteiger partial charge in [-0.05, 0) is 71.0 Å². The van der Waals surface area contributed by atoms with E-state index in [1.807, 2.05) is 0 Å². The number of hydrogen-bond acceptors (Lipinski definition) is 8. The second-order valence-corrected chi connectivity index (χ2v) is 25.8. The minimum absolute atomic E-state index is 0.134. The maximum atomic E-state index is 15.1. The molecule has 4 nitrogen and oxygen atoms in total. The number of carbonyl (C=O) groups excluding carboxylic acids is 4. The molecule has 0 aliphatic carbocycles. The number of carbonyl (C=O) groups is 4. The number of unbranched alkanes of at least 4 members (excludes halogenated alkanes) is 36. The van der Waals surface area contributed by atoms with Crippen LogP contribution >= 0.6 is 47.0 Å². The van der Waals surface area contributed by atoms with E-state index in [0.29, 0.717) is 0 Å². The van der Waals surface area contributed by atoms with Crippen LogP contribution in [0.4, 0.5) is 0 Å². The van der Waals surface area contributed by atoms with Crippen molar-refractivity contribution in [2.45, 2.75) is 285 Å². The molecule has 0 unspecified atom stereocenters. The Morgan fingerprint density at radius 1 is 0.247 bits per heavy atom. The summed E-state index contributed by atoms with van der Waals surface area (Å²) in [4.78, 5) is 60.6. The van der Waals surface area contributed by atoms with E-state index in [4.69, 9.17) is 0 Å². The normalized spacial score (nSPS) is 11.6. The first kappa shape index (κ1) is 72.0.